The molecule has 3 aromatic heterocycles. The Bertz CT molecular complexity index is 877. The summed E-state index contributed by atoms with van der Waals surface area (Å²) in [5.74, 6) is 0. The van der Waals surface area contributed by atoms with Gasteiger partial charge in [-0.25, -0.2) is 4.98 Å². The molecule has 146 valence electrons. The van der Waals surface area contributed by atoms with Crippen molar-refractivity contribution in [3.63, 3.8) is 0 Å². The SMILES string of the molecule is CC1(C)CCCC(N)C1.Clc1cc(NCc2cccs2)c2scc(Br)c2n1. The number of thiophene rings is 2. The topological polar surface area (TPSA) is 50.9 Å². The maximum absolute atomic E-state index is 6.05. The molecule has 3 nitrogen and oxygen atoms in total. The lowest BCUT2D eigenvalue weighted by Gasteiger charge is -2.33. The molecule has 4 rings (SSSR count). The zero-order valence-corrected chi connectivity index (χ0v) is 19.6. The molecule has 3 N–H and O–H groups in total. The lowest BCUT2D eigenvalue weighted by Crippen LogP contribution is -2.32. The molecule has 3 heterocycles. The van der Waals surface area contributed by atoms with Gasteiger partial charge in [-0.3, -0.25) is 0 Å². The van der Waals surface area contributed by atoms with Gasteiger partial charge in [0.25, 0.3) is 0 Å². The highest BCUT2D eigenvalue weighted by molar-refractivity contribution is 9.10. The molecule has 1 atom stereocenters. The van der Waals surface area contributed by atoms with E-state index >= 15 is 0 Å². The Morgan fingerprint density at radius 2 is 2.22 bits per heavy atom. The third-order valence-corrected chi connectivity index (χ3v) is 7.70. The number of pyridine rings is 1. The largest absolute Gasteiger partial charge is 0.379 e. The van der Waals surface area contributed by atoms with E-state index in [0.29, 0.717) is 16.6 Å². The average Bonchev–Trinajstić information content (AvgIpc) is 3.23. The van der Waals surface area contributed by atoms with Crippen molar-refractivity contribution in [3.05, 3.63) is 43.5 Å². The molecule has 1 unspecified atom stereocenters. The Kier molecular flexibility index (Phi) is 7.20. The quantitative estimate of drug-likeness (QED) is 0.382. The molecule has 1 aliphatic rings. The fraction of sp³-hybridized carbons (Fsp3) is 0.450. The van der Waals surface area contributed by atoms with E-state index in [9.17, 15) is 0 Å². The van der Waals surface area contributed by atoms with Crippen LogP contribution in [0.3, 0.4) is 0 Å². The van der Waals surface area contributed by atoms with Crippen molar-refractivity contribution in [2.75, 3.05) is 5.32 Å². The Morgan fingerprint density at radius 3 is 2.85 bits per heavy atom. The first-order valence-corrected chi connectivity index (χ1v) is 12.0. The van der Waals surface area contributed by atoms with Gasteiger partial charge in [0.15, 0.2) is 0 Å². The van der Waals surface area contributed by atoms with Gasteiger partial charge in [-0.1, -0.05) is 37.9 Å². The van der Waals surface area contributed by atoms with E-state index in [-0.39, 0.29) is 0 Å². The van der Waals surface area contributed by atoms with Crippen LogP contribution in [-0.4, -0.2) is 11.0 Å². The predicted molar refractivity (Wildman–Crippen MR) is 124 cm³/mol. The summed E-state index contributed by atoms with van der Waals surface area (Å²) in [6.07, 6.45) is 5.14. The van der Waals surface area contributed by atoms with Crippen molar-refractivity contribution in [2.24, 2.45) is 11.1 Å². The third-order valence-electron chi connectivity index (χ3n) is 4.72. The average molecular weight is 487 g/mol. The second kappa shape index (κ2) is 9.23. The molecule has 0 radical (unpaired) electrons. The Labute approximate surface area is 182 Å². The van der Waals surface area contributed by atoms with Gasteiger partial charge in [-0.2, -0.15) is 0 Å². The highest BCUT2D eigenvalue weighted by Gasteiger charge is 2.25. The van der Waals surface area contributed by atoms with Crippen molar-refractivity contribution in [1.29, 1.82) is 0 Å². The molecule has 0 saturated heterocycles. The zero-order valence-electron chi connectivity index (χ0n) is 15.6. The van der Waals surface area contributed by atoms with Crippen LogP contribution in [0.1, 0.15) is 44.4 Å². The number of nitrogens with zero attached hydrogens (tertiary/aromatic N) is 1. The molecule has 7 heteroatoms. The van der Waals surface area contributed by atoms with Gasteiger partial charge in [0.2, 0.25) is 0 Å². The van der Waals surface area contributed by atoms with Gasteiger partial charge in [-0.05, 0) is 52.1 Å². The zero-order chi connectivity index (χ0) is 19.4. The normalized spacial score (nSPS) is 18.8. The van der Waals surface area contributed by atoms with E-state index in [1.807, 2.05) is 11.4 Å². The van der Waals surface area contributed by atoms with Crippen molar-refractivity contribution >= 4 is 66.1 Å². The molecule has 1 aliphatic carbocycles. The molecule has 1 saturated carbocycles. The van der Waals surface area contributed by atoms with Crippen molar-refractivity contribution in [1.82, 2.24) is 4.98 Å². The van der Waals surface area contributed by atoms with Crippen molar-refractivity contribution in [3.8, 4) is 0 Å². The van der Waals surface area contributed by atoms with Crippen LogP contribution in [0.2, 0.25) is 5.15 Å². The number of fused-ring (bicyclic) bond motifs is 1. The first-order valence-electron chi connectivity index (χ1n) is 9.09. The minimum absolute atomic E-state index is 0.480. The van der Waals surface area contributed by atoms with E-state index < -0.39 is 0 Å². The lowest BCUT2D eigenvalue weighted by molar-refractivity contribution is 0.221. The Hall–Kier alpha value is -0.660. The second-order valence-electron chi connectivity index (χ2n) is 7.71. The Morgan fingerprint density at radius 1 is 1.41 bits per heavy atom. The molecule has 0 bridgehead atoms. The van der Waals surface area contributed by atoms with Crippen LogP contribution in [0, 0.1) is 5.41 Å². The van der Waals surface area contributed by atoms with Crippen LogP contribution in [0.25, 0.3) is 10.2 Å². The van der Waals surface area contributed by atoms with E-state index in [1.165, 1.54) is 30.6 Å². The van der Waals surface area contributed by atoms with Crippen LogP contribution in [0.15, 0.2) is 33.4 Å². The number of halogens is 2. The van der Waals surface area contributed by atoms with E-state index in [4.69, 9.17) is 17.3 Å². The smallest absolute Gasteiger partial charge is 0.131 e. The highest BCUT2D eigenvalue weighted by atomic mass is 79.9. The van der Waals surface area contributed by atoms with Crippen LogP contribution in [-0.2, 0) is 6.54 Å². The van der Waals surface area contributed by atoms with E-state index in [1.54, 1.807) is 22.7 Å². The highest BCUT2D eigenvalue weighted by Crippen LogP contribution is 2.36. The minimum Gasteiger partial charge on any atom is -0.379 e. The fourth-order valence-corrected chi connectivity index (χ4v) is 5.83. The molecule has 3 aromatic rings. The summed E-state index contributed by atoms with van der Waals surface area (Å²) in [4.78, 5) is 5.63. The van der Waals surface area contributed by atoms with Gasteiger partial charge in [0.1, 0.15) is 5.15 Å². The standard InChI is InChI=1S/C12H8BrClN2S2.C8H17N/c13-8-6-18-12-9(4-10(14)16-11(8)12)15-5-7-2-1-3-17-7;1-8(2)5-3-4-7(9)6-8/h1-4,6H,5H2,(H,15,16);7H,3-6,9H2,1-2H3. The van der Waals surface area contributed by atoms with Gasteiger partial charge in [0, 0.05) is 28.9 Å². The number of hydrogen-bond acceptors (Lipinski definition) is 5. The van der Waals surface area contributed by atoms with Gasteiger partial charge < -0.3 is 11.1 Å². The summed E-state index contributed by atoms with van der Waals surface area (Å²) in [6.45, 7) is 5.43. The predicted octanol–water partition coefficient (Wildman–Crippen LogP) is 7.30. The lowest BCUT2D eigenvalue weighted by atomic mass is 9.75. The molecule has 0 spiro atoms. The first-order chi connectivity index (χ1) is 12.8. The molecular weight excluding hydrogens is 462 g/mol. The number of aromatic nitrogens is 1. The molecule has 0 aliphatic heterocycles. The number of hydrogen-bond donors (Lipinski definition) is 2. The summed E-state index contributed by atoms with van der Waals surface area (Å²) in [7, 11) is 0. The minimum atomic E-state index is 0.480. The number of rotatable bonds is 3. The second-order valence-corrected chi connectivity index (χ2v) is 10.9. The summed E-state index contributed by atoms with van der Waals surface area (Å²) < 4.78 is 2.12. The third kappa shape index (κ3) is 5.91. The van der Waals surface area contributed by atoms with E-state index in [0.717, 1.165) is 26.9 Å². The van der Waals surface area contributed by atoms with Crippen molar-refractivity contribution < 1.29 is 0 Å². The van der Waals surface area contributed by atoms with Crippen LogP contribution in [0.5, 0.6) is 0 Å². The Balaban J connectivity index is 0.000000197. The summed E-state index contributed by atoms with van der Waals surface area (Å²) in [5, 5.41) is 8.04. The number of nitrogens with one attached hydrogen (secondary N) is 1. The van der Waals surface area contributed by atoms with Gasteiger partial charge in [0.05, 0.1) is 20.4 Å². The van der Waals surface area contributed by atoms with Gasteiger partial charge >= 0.3 is 0 Å². The first kappa shape index (κ1) is 21.1. The fourth-order valence-electron chi connectivity index (χ4n) is 3.43. The van der Waals surface area contributed by atoms with Crippen LogP contribution < -0.4 is 11.1 Å². The molecule has 0 amide bonds. The molecule has 27 heavy (non-hydrogen) atoms. The summed E-state index contributed by atoms with van der Waals surface area (Å²) >= 11 is 12.9. The summed E-state index contributed by atoms with van der Waals surface area (Å²) in [6, 6.07) is 6.52. The summed E-state index contributed by atoms with van der Waals surface area (Å²) in [5.41, 5.74) is 8.29. The molecule has 0 aromatic carbocycles. The molecule has 1 fully saturated rings. The van der Waals surface area contributed by atoms with E-state index in [2.05, 4.69) is 57.6 Å². The van der Waals surface area contributed by atoms with Crippen LogP contribution in [0.4, 0.5) is 5.69 Å². The van der Waals surface area contributed by atoms with Gasteiger partial charge in [-0.15, -0.1) is 22.7 Å². The monoisotopic (exact) mass is 485 g/mol. The van der Waals surface area contributed by atoms with Crippen LogP contribution >= 0.6 is 50.2 Å². The maximum Gasteiger partial charge on any atom is 0.131 e. The van der Waals surface area contributed by atoms with Crippen molar-refractivity contribution in [2.45, 2.75) is 52.1 Å². The number of nitrogens with two attached hydrogens (primary N) is 1. The maximum atomic E-state index is 6.05. The molecular formula is C20H25BrClN3S2. The number of anilines is 1.